The average Bonchev–Trinajstić information content (AvgIpc) is 3.07. The smallest absolute Gasteiger partial charge is 0.242 e. The first-order chi connectivity index (χ1) is 12.1. The predicted octanol–water partition coefficient (Wildman–Crippen LogP) is 2.23. The topological polar surface area (TPSA) is 58.4 Å². The van der Waals surface area contributed by atoms with Crippen LogP contribution in [0.5, 0.6) is 0 Å². The molecule has 0 N–H and O–H groups in total. The van der Waals surface area contributed by atoms with Gasteiger partial charge in [0.1, 0.15) is 0 Å². The Bertz CT molecular complexity index is 727. The molecule has 0 aliphatic carbocycles. The van der Waals surface area contributed by atoms with Gasteiger partial charge in [-0.05, 0) is 36.6 Å². The summed E-state index contributed by atoms with van der Waals surface area (Å²) < 4.78 is 1.79. The van der Waals surface area contributed by atoms with Gasteiger partial charge in [-0.25, -0.2) is 4.68 Å². The Hall–Kier alpha value is -2.63. The number of likely N-dealkylation sites (tertiary alicyclic amines) is 1. The Morgan fingerprint density at radius 1 is 1.24 bits per heavy atom. The summed E-state index contributed by atoms with van der Waals surface area (Å²) in [5, 5.41) is 4.23. The molecule has 6 heteroatoms. The van der Waals surface area contributed by atoms with Crippen LogP contribution in [0.15, 0.2) is 42.7 Å². The summed E-state index contributed by atoms with van der Waals surface area (Å²) in [4.78, 5) is 27.9. The highest BCUT2D eigenvalue weighted by Gasteiger charge is 2.21. The van der Waals surface area contributed by atoms with E-state index in [1.165, 1.54) is 0 Å². The quantitative estimate of drug-likeness (QED) is 0.839. The highest BCUT2D eigenvalue weighted by atomic mass is 16.2. The van der Waals surface area contributed by atoms with E-state index in [0.29, 0.717) is 19.5 Å². The Labute approximate surface area is 148 Å². The number of hydrogen-bond acceptors (Lipinski definition) is 3. The van der Waals surface area contributed by atoms with Gasteiger partial charge in [-0.2, -0.15) is 5.10 Å². The molecule has 0 bridgehead atoms. The molecule has 25 heavy (non-hydrogen) atoms. The number of likely N-dealkylation sites (N-methyl/N-ethyl adjacent to an activating group) is 1. The monoisotopic (exact) mass is 340 g/mol. The standard InChI is InChI=1S/C19H24N4O2/c1-21(19(25)15-22-11-4-2-3-9-18(22)24)14-16-7-5-8-17(13-16)23-12-6-10-20-23/h5-8,10,12-13H,2-4,9,11,14-15H2,1H3. The summed E-state index contributed by atoms with van der Waals surface area (Å²) in [6.45, 7) is 1.37. The number of carbonyl (C=O) groups is 2. The van der Waals surface area contributed by atoms with Gasteiger partial charge in [-0.15, -0.1) is 0 Å². The van der Waals surface area contributed by atoms with Gasteiger partial charge >= 0.3 is 0 Å². The Balaban J connectivity index is 1.61. The van der Waals surface area contributed by atoms with Crippen molar-refractivity contribution in [2.45, 2.75) is 32.2 Å². The molecule has 0 unspecified atom stereocenters. The third kappa shape index (κ3) is 4.47. The van der Waals surface area contributed by atoms with Crippen molar-refractivity contribution in [3.05, 3.63) is 48.3 Å². The molecular formula is C19H24N4O2. The molecule has 2 amide bonds. The summed E-state index contributed by atoms with van der Waals surface area (Å²) >= 11 is 0. The summed E-state index contributed by atoms with van der Waals surface area (Å²) in [7, 11) is 1.78. The summed E-state index contributed by atoms with van der Waals surface area (Å²) in [5.74, 6) is 0.0691. The second-order valence-electron chi connectivity index (χ2n) is 6.50. The number of hydrogen-bond donors (Lipinski definition) is 0. The van der Waals surface area contributed by atoms with Crippen LogP contribution in [0.25, 0.3) is 5.69 Å². The van der Waals surface area contributed by atoms with E-state index in [0.717, 1.165) is 30.5 Å². The predicted molar refractivity (Wildman–Crippen MR) is 95.1 cm³/mol. The van der Waals surface area contributed by atoms with E-state index in [2.05, 4.69) is 5.10 Å². The first-order valence-corrected chi connectivity index (χ1v) is 8.74. The van der Waals surface area contributed by atoms with Crippen LogP contribution in [-0.4, -0.2) is 51.5 Å². The highest BCUT2D eigenvalue weighted by Crippen LogP contribution is 2.13. The number of aromatic nitrogens is 2. The van der Waals surface area contributed by atoms with Crippen LogP contribution in [-0.2, 0) is 16.1 Å². The third-order valence-corrected chi connectivity index (χ3v) is 4.52. The van der Waals surface area contributed by atoms with E-state index in [4.69, 9.17) is 0 Å². The SMILES string of the molecule is CN(Cc1cccc(-n2cccn2)c1)C(=O)CN1CCCCCC1=O. The van der Waals surface area contributed by atoms with E-state index < -0.39 is 0 Å². The zero-order chi connectivity index (χ0) is 17.6. The Morgan fingerprint density at radius 2 is 2.12 bits per heavy atom. The Kier molecular flexibility index (Phi) is 5.48. The van der Waals surface area contributed by atoms with Crippen molar-refractivity contribution >= 4 is 11.8 Å². The number of nitrogens with zero attached hydrogens (tertiary/aromatic N) is 4. The first-order valence-electron chi connectivity index (χ1n) is 8.74. The minimum Gasteiger partial charge on any atom is -0.340 e. The lowest BCUT2D eigenvalue weighted by Gasteiger charge is -2.24. The normalized spacial score (nSPS) is 15.1. The number of benzene rings is 1. The van der Waals surface area contributed by atoms with Crippen LogP contribution in [0.4, 0.5) is 0 Å². The van der Waals surface area contributed by atoms with Crippen molar-refractivity contribution in [3.8, 4) is 5.69 Å². The maximum Gasteiger partial charge on any atom is 0.242 e. The maximum absolute atomic E-state index is 12.5. The lowest BCUT2D eigenvalue weighted by atomic mass is 10.2. The fraction of sp³-hybridized carbons (Fsp3) is 0.421. The number of carbonyl (C=O) groups excluding carboxylic acids is 2. The van der Waals surface area contributed by atoms with Gasteiger partial charge in [-0.1, -0.05) is 18.6 Å². The van der Waals surface area contributed by atoms with Gasteiger partial charge in [-0.3, -0.25) is 9.59 Å². The van der Waals surface area contributed by atoms with Gasteiger partial charge < -0.3 is 9.80 Å². The van der Waals surface area contributed by atoms with Crippen molar-refractivity contribution < 1.29 is 9.59 Å². The molecule has 1 aliphatic rings. The molecule has 132 valence electrons. The van der Waals surface area contributed by atoms with E-state index in [1.54, 1.807) is 27.7 Å². The molecule has 0 saturated carbocycles. The van der Waals surface area contributed by atoms with Crippen molar-refractivity contribution in [1.82, 2.24) is 19.6 Å². The molecule has 0 spiro atoms. The van der Waals surface area contributed by atoms with E-state index in [1.807, 2.05) is 36.5 Å². The van der Waals surface area contributed by atoms with E-state index >= 15 is 0 Å². The molecule has 1 aromatic heterocycles. The second kappa shape index (κ2) is 7.96. The van der Waals surface area contributed by atoms with Crippen LogP contribution >= 0.6 is 0 Å². The highest BCUT2D eigenvalue weighted by molar-refractivity contribution is 5.84. The first kappa shape index (κ1) is 17.2. The largest absolute Gasteiger partial charge is 0.340 e. The minimum atomic E-state index is -0.0280. The zero-order valence-electron chi connectivity index (χ0n) is 14.6. The van der Waals surface area contributed by atoms with Gasteiger partial charge in [0, 0.05) is 39.0 Å². The molecular weight excluding hydrogens is 316 g/mol. The lowest BCUT2D eigenvalue weighted by Crippen LogP contribution is -2.41. The average molecular weight is 340 g/mol. The molecule has 3 rings (SSSR count). The van der Waals surface area contributed by atoms with Crippen molar-refractivity contribution in [2.75, 3.05) is 20.1 Å². The van der Waals surface area contributed by atoms with Crippen molar-refractivity contribution in [1.29, 1.82) is 0 Å². The molecule has 2 aromatic rings. The molecule has 1 aromatic carbocycles. The molecule has 6 nitrogen and oxygen atoms in total. The molecule has 2 heterocycles. The molecule has 1 fully saturated rings. The van der Waals surface area contributed by atoms with Crippen LogP contribution in [0.3, 0.4) is 0 Å². The minimum absolute atomic E-state index is 0.0280. The summed E-state index contributed by atoms with van der Waals surface area (Å²) in [6, 6.07) is 9.83. The van der Waals surface area contributed by atoms with Crippen LogP contribution in [0, 0.1) is 0 Å². The molecule has 1 saturated heterocycles. The maximum atomic E-state index is 12.5. The fourth-order valence-corrected chi connectivity index (χ4v) is 3.07. The van der Waals surface area contributed by atoms with Crippen molar-refractivity contribution in [3.63, 3.8) is 0 Å². The van der Waals surface area contributed by atoms with Crippen LogP contribution < -0.4 is 0 Å². The van der Waals surface area contributed by atoms with Gasteiger partial charge in [0.2, 0.25) is 11.8 Å². The third-order valence-electron chi connectivity index (χ3n) is 4.52. The summed E-state index contributed by atoms with van der Waals surface area (Å²) in [5.41, 5.74) is 2.00. The molecule has 0 radical (unpaired) electrons. The van der Waals surface area contributed by atoms with E-state index in [-0.39, 0.29) is 18.4 Å². The van der Waals surface area contributed by atoms with Crippen LogP contribution in [0.2, 0.25) is 0 Å². The van der Waals surface area contributed by atoms with E-state index in [9.17, 15) is 9.59 Å². The van der Waals surface area contributed by atoms with Gasteiger partial charge in [0.25, 0.3) is 0 Å². The Morgan fingerprint density at radius 3 is 2.92 bits per heavy atom. The second-order valence-corrected chi connectivity index (χ2v) is 6.50. The number of rotatable bonds is 5. The summed E-state index contributed by atoms with van der Waals surface area (Å²) in [6.07, 6.45) is 7.16. The van der Waals surface area contributed by atoms with Gasteiger partial charge in [0.05, 0.1) is 12.2 Å². The molecule has 1 aliphatic heterocycles. The fourth-order valence-electron chi connectivity index (χ4n) is 3.07. The number of amides is 2. The molecule has 0 atom stereocenters. The van der Waals surface area contributed by atoms with Crippen molar-refractivity contribution in [2.24, 2.45) is 0 Å². The zero-order valence-corrected chi connectivity index (χ0v) is 14.6. The lowest BCUT2D eigenvalue weighted by molar-refractivity contribution is -0.139. The van der Waals surface area contributed by atoms with Gasteiger partial charge in [0.15, 0.2) is 0 Å². The van der Waals surface area contributed by atoms with Crippen LogP contribution in [0.1, 0.15) is 31.2 Å².